The van der Waals surface area contributed by atoms with E-state index in [1.165, 1.54) is 12.1 Å². The molecule has 156 valence electrons. The standard InChI is InChI=1S/C20H32FN5O2/c1-4-22-20(24-12-11-19(28)26(5-2)6-3)25-14-13-23-18(27)15-16-7-9-17(21)10-8-16/h7-10H,4-6,11-15H2,1-3H3,(H,23,27)(H2,22,24,25). The van der Waals surface area contributed by atoms with Crippen LogP contribution in [0.25, 0.3) is 0 Å². The molecule has 0 fully saturated rings. The summed E-state index contributed by atoms with van der Waals surface area (Å²) in [6.45, 7) is 9.33. The molecule has 0 saturated carbocycles. The summed E-state index contributed by atoms with van der Waals surface area (Å²) in [5, 5.41) is 9.05. The molecule has 28 heavy (non-hydrogen) atoms. The largest absolute Gasteiger partial charge is 0.357 e. The highest BCUT2D eigenvalue weighted by molar-refractivity contribution is 5.81. The van der Waals surface area contributed by atoms with Gasteiger partial charge in [0.05, 0.1) is 13.0 Å². The lowest BCUT2D eigenvalue weighted by Gasteiger charge is -2.18. The molecule has 1 rings (SSSR count). The van der Waals surface area contributed by atoms with Crippen LogP contribution in [0.2, 0.25) is 0 Å². The maximum atomic E-state index is 12.9. The van der Waals surface area contributed by atoms with E-state index in [2.05, 4.69) is 20.9 Å². The van der Waals surface area contributed by atoms with E-state index >= 15 is 0 Å². The van der Waals surface area contributed by atoms with Gasteiger partial charge in [-0.3, -0.25) is 14.6 Å². The van der Waals surface area contributed by atoms with Crippen LogP contribution < -0.4 is 16.0 Å². The van der Waals surface area contributed by atoms with Gasteiger partial charge in [-0.1, -0.05) is 12.1 Å². The van der Waals surface area contributed by atoms with E-state index in [1.54, 1.807) is 17.0 Å². The predicted molar refractivity (Wildman–Crippen MR) is 110 cm³/mol. The van der Waals surface area contributed by atoms with Crippen molar-refractivity contribution in [3.05, 3.63) is 35.6 Å². The van der Waals surface area contributed by atoms with Crippen LogP contribution in [0.4, 0.5) is 4.39 Å². The van der Waals surface area contributed by atoms with Crippen LogP contribution in [0.1, 0.15) is 32.8 Å². The number of carbonyl (C=O) groups excluding carboxylic acids is 2. The lowest BCUT2D eigenvalue weighted by molar-refractivity contribution is -0.130. The van der Waals surface area contributed by atoms with Crippen LogP contribution in [0.3, 0.4) is 0 Å². The highest BCUT2D eigenvalue weighted by Crippen LogP contribution is 2.03. The van der Waals surface area contributed by atoms with Crippen LogP contribution in [-0.2, 0) is 16.0 Å². The van der Waals surface area contributed by atoms with E-state index in [9.17, 15) is 14.0 Å². The lowest BCUT2D eigenvalue weighted by atomic mass is 10.1. The van der Waals surface area contributed by atoms with Gasteiger partial charge in [-0.2, -0.15) is 0 Å². The Labute approximate surface area is 166 Å². The van der Waals surface area contributed by atoms with Crippen molar-refractivity contribution in [3.63, 3.8) is 0 Å². The molecule has 0 aliphatic heterocycles. The van der Waals surface area contributed by atoms with Gasteiger partial charge in [-0.25, -0.2) is 4.39 Å². The third kappa shape index (κ3) is 9.34. The zero-order valence-corrected chi connectivity index (χ0v) is 17.1. The van der Waals surface area contributed by atoms with Crippen LogP contribution >= 0.6 is 0 Å². The lowest BCUT2D eigenvalue weighted by Crippen LogP contribution is -2.42. The number of amides is 2. The number of nitrogens with one attached hydrogen (secondary N) is 3. The van der Waals surface area contributed by atoms with Gasteiger partial charge in [0.25, 0.3) is 0 Å². The molecule has 7 nitrogen and oxygen atoms in total. The van der Waals surface area contributed by atoms with Gasteiger partial charge in [0.15, 0.2) is 5.96 Å². The number of guanidine groups is 1. The zero-order valence-electron chi connectivity index (χ0n) is 17.1. The topological polar surface area (TPSA) is 85.8 Å². The van der Waals surface area contributed by atoms with Gasteiger partial charge in [-0.05, 0) is 38.5 Å². The minimum absolute atomic E-state index is 0.0951. The fourth-order valence-corrected chi connectivity index (χ4v) is 2.57. The van der Waals surface area contributed by atoms with Gasteiger partial charge in [0, 0.05) is 39.1 Å². The Morgan fingerprint density at radius 1 is 1.00 bits per heavy atom. The quantitative estimate of drug-likeness (QED) is 0.301. The smallest absolute Gasteiger partial charge is 0.224 e. The maximum Gasteiger partial charge on any atom is 0.224 e. The number of aliphatic imine (C=N–C) groups is 1. The molecule has 0 spiro atoms. The average molecular weight is 394 g/mol. The molecule has 1 aromatic carbocycles. The van der Waals surface area contributed by atoms with Crippen molar-refractivity contribution in [2.24, 2.45) is 4.99 Å². The molecule has 0 aliphatic rings. The molecule has 0 aliphatic carbocycles. The van der Waals surface area contributed by atoms with Crippen molar-refractivity contribution in [2.75, 3.05) is 39.3 Å². The van der Waals surface area contributed by atoms with Gasteiger partial charge in [-0.15, -0.1) is 0 Å². The third-order valence-electron chi connectivity index (χ3n) is 4.07. The van der Waals surface area contributed by atoms with Crippen molar-refractivity contribution >= 4 is 17.8 Å². The summed E-state index contributed by atoms with van der Waals surface area (Å²) in [4.78, 5) is 30.1. The van der Waals surface area contributed by atoms with Gasteiger partial charge in [0.1, 0.15) is 5.82 Å². The SMILES string of the molecule is CCNC(=NCCC(=O)N(CC)CC)NCCNC(=O)Cc1ccc(F)cc1. The van der Waals surface area contributed by atoms with E-state index in [1.807, 2.05) is 20.8 Å². The summed E-state index contributed by atoms with van der Waals surface area (Å²) in [7, 11) is 0. The summed E-state index contributed by atoms with van der Waals surface area (Å²) < 4.78 is 12.9. The highest BCUT2D eigenvalue weighted by atomic mass is 19.1. The highest BCUT2D eigenvalue weighted by Gasteiger charge is 2.08. The second kappa shape index (κ2) is 13.5. The van der Waals surface area contributed by atoms with Crippen molar-refractivity contribution in [1.82, 2.24) is 20.9 Å². The van der Waals surface area contributed by atoms with Gasteiger partial charge >= 0.3 is 0 Å². The van der Waals surface area contributed by atoms with Crippen LogP contribution in [0.15, 0.2) is 29.3 Å². The van der Waals surface area contributed by atoms with Crippen molar-refractivity contribution in [3.8, 4) is 0 Å². The molecule has 0 aromatic heterocycles. The number of hydrogen-bond donors (Lipinski definition) is 3. The molecule has 0 saturated heterocycles. The Kier molecular flexibility index (Phi) is 11.3. The van der Waals surface area contributed by atoms with Crippen molar-refractivity contribution < 1.29 is 14.0 Å². The first-order valence-electron chi connectivity index (χ1n) is 9.81. The fraction of sp³-hybridized carbons (Fsp3) is 0.550. The molecule has 1 aromatic rings. The van der Waals surface area contributed by atoms with E-state index in [4.69, 9.17) is 0 Å². The van der Waals surface area contributed by atoms with Crippen LogP contribution in [0, 0.1) is 5.82 Å². The second-order valence-corrected chi connectivity index (χ2v) is 6.16. The van der Waals surface area contributed by atoms with E-state index < -0.39 is 0 Å². The van der Waals surface area contributed by atoms with E-state index in [0.717, 1.165) is 5.56 Å². The van der Waals surface area contributed by atoms with Gasteiger partial charge < -0.3 is 20.9 Å². The third-order valence-corrected chi connectivity index (χ3v) is 4.07. The zero-order chi connectivity index (χ0) is 20.8. The first kappa shape index (κ1) is 23.4. The van der Waals surface area contributed by atoms with Crippen LogP contribution in [-0.4, -0.2) is 61.9 Å². The summed E-state index contributed by atoms with van der Waals surface area (Å²) in [6.07, 6.45) is 0.578. The normalized spacial score (nSPS) is 11.1. The Balaban J connectivity index is 2.32. The molecule has 0 heterocycles. The first-order valence-corrected chi connectivity index (χ1v) is 9.81. The first-order chi connectivity index (χ1) is 13.5. The fourth-order valence-electron chi connectivity index (χ4n) is 2.57. The minimum Gasteiger partial charge on any atom is -0.357 e. The molecule has 0 bridgehead atoms. The molecule has 0 unspecified atom stereocenters. The molecule has 8 heteroatoms. The Morgan fingerprint density at radius 2 is 1.64 bits per heavy atom. The van der Waals surface area contributed by atoms with E-state index in [-0.39, 0.29) is 24.1 Å². The summed E-state index contributed by atoms with van der Waals surface area (Å²) in [5.74, 6) is 0.267. The Hall–Kier alpha value is -2.64. The summed E-state index contributed by atoms with van der Waals surface area (Å²) in [5.41, 5.74) is 0.764. The Bertz CT molecular complexity index is 630. The molecule has 2 amide bonds. The molecule has 0 radical (unpaired) electrons. The number of rotatable bonds is 11. The van der Waals surface area contributed by atoms with Crippen LogP contribution in [0.5, 0.6) is 0 Å². The molecular weight excluding hydrogens is 361 g/mol. The average Bonchev–Trinajstić information content (AvgIpc) is 2.68. The summed E-state index contributed by atoms with van der Waals surface area (Å²) >= 11 is 0. The van der Waals surface area contributed by atoms with Crippen molar-refractivity contribution in [2.45, 2.75) is 33.6 Å². The van der Waals surface area contributed by atoms with Crippen molar-refractivity contribution in [1.29, 1.82) is 0 Å². The van der Waals surface area contributed by atoms with Gasteiger partial charge in [0.2, 0.25) is 11.8 Å². The number of nitrogens with zero attached hydrogens (tertiary/aromatic N) is 2. The number of benzene rings is 1. The number of carbonyl (C=O) groups is 2. The number of hydrogen-bond acceptors (Lipinski definition) is 3. The molecule has 0 atom stereocenters. The maximum absolute atomic E-state index is 12.9. The monoisotopic (exact) mass is 393 g/mol. The molecule has 3 N–H and O–H groups in total. The summed E-state index contributed by atoms with van der Waals surface area (Å²) in [6, 6.07) is 5.88. The van der Waals surface area contributed by atoms with E-state index in [0.29, 0.717) is 51.6 Å². The predicted octanol–water partition coefficient (Wildman–Crippen LogP) is 1.30. The number of halogens is 1. The Morgan fingerprint density at radius 3 is 2.25 bits per heavy atom. The molecular formula is C20H32FN5O2. The second-order valence-electron chi connectivity index (χ2n) is 6.16. The minimum atomic E-state index is -0.317.